The molecule has 11 heteroatoms. The average Bonchev–Trinajstić information content (AvgIpc) is 3.11. The summed E-state index contributed by atoms with van der Waals surface area (Å²) in [4.78, 5) is 12.1. The van der Waals surface area contributed by atoms with Crippen LogP contribution in [0.3, 0.4) is 0 Å². The Kier molecular flexibility index (Phi) is 6.12. The first-order valence-corrected chi connectivity index (χ1v) is 10.8. The number of hydrogen-bond acceptors (Lipinski definition) is 6. The Labute approximate surface area is 171 Å². The normalized spacial score (nSPS) is 11.1. The Hall–Kier alpha value is -2.69. The number of nitrogens with one attached hydrogen (secondary N) is 3. The molecule has 1 heterocycles. The van der Waals surface area contributed by atoms with Gasteiger partial charge in [0, 0.05) is 5.69 Å². The minimum atomic E-state index is -3.80. The zero-order valence-corrected chi connectivity index (χ0v) is 17.0. The molecule has 28 heavy (non-hydrogen) atoms. The standard InChI is InChI=1S/C17H16ClN5O3S2/c1-2-15-21-22-17(27-15)23-28(25,26)12-9-7-11(8-10-12)19-16(24)20-14-6-4-3-5-13(14)18/h3-10H,2H2,1H3,(H,22,23)(H2,19,20,24). The van der Waals surface area contributed by atoms with Crippen LogP contribution in [0.2, 0.25) is 5.02 Å². The van der Waals surface area contributed by atoms with Crippen LogP contribution in [0.5, 0.6) is 0 Å². The number of urea groups is 1. The van der Waals surface area contributed by atoms with Gasteiger partial charge in [-0.3, -0.25) is 4.72 Å². The molecule has 0 aliphatic heterocycles. The van der Waals surface area contributed by atoms with Crippen molar-refractivity contribution in [3.63, 3.8) is 0 Å². The van der Waals surface area contributed by atoms with E-state index in [4.69, 9.17) is 11.6 Å². The van der Waals surface area contributed by atoms with Crippen LogP contribution in [0.4, 0.5) is 21.3 Å². The van der Waals surface area contributed by atoms with Gasteiger partial charge >= 0.3 is 6.03 Å². The highest BCUT2D eigenvalue weighted by atomic mass is 35.5. The minimum Gasteiger partial charge on any atom is -0.308 e. The number of carbonyl (C=O) groups excluding carboxylic acids is 1. The number of anilines is 3. The molecule has 3 aromatic rings. The maximum absolute atomic E-state index is 12.4. The van der Waals surface area contributed by atoms with Crippen molar-refractivity contribution in [3.05, 3.63) is 58.6 Å². The summed E-state index contributed by atoms with van der Waals surface area (Å²) in [5.74, 6) is 0. The molecular formula is C17H16ClN5O3S2. The lowest BCUT2D eigenvalue weighted by Crippen LogP contribution is -2.19. The number of aryl methyl sites for hydroxylation is 1. The summed E-state index contributed by atoms with van der Waals surface area (Å²) in [5, 5.41) is 14.3. The molecule has 0 saturated heterocycles. The first kappa shape index (κ1) is 20.1. The second-order valence-corrected chi connectivity index (χ2v) is 8.70. The SMILES string of the molecule is CCc1nnc(NS(=O)(=O)c2ccc(NC(=O)Nc3ccccc3Cl)cc2)s1. The first-order chi connectivity index (χ1) is 13.4. The third-order valence-electron chi connectivity index (χ3n) is 3.54. The van der Waals surface area contributed by atoms with Crippen LogP contribution < -0.4 is 15.4 Å². The Morgan fingerprint density at radius 2 is 1.79 bits per heavy atom. The topological polar surface area (TPSA) is 113 Å². The number of benzene rings is 2. The van der Waals surface area contributed by atoms with Crippen LogP contribution in [-0.4, -0.2) is 24.6 Å². The molecule has 0 spiro atoms. The summed E-state index contributed by atoms with van der Waals surface area (Å²) in [6, 6.07) is 12.1. The third kappa shape index (κ3) is 4.97. The molecule has 8 nitrogen and oxygen atoms in total. The molecule has 1 aromatic heterocycles. The van der Waals surface area contributed by atoms with E-state index < -0.39 is 16.1 Å². The monoisotopic (exact) mass is 437 g/mol. The van der Waals surface area contributed by atoms with Gasteiger partial charge in [-0.1, -0.05) is 42.0 Å². The molecule has 0 aliphatic rings. The van der Waals surface area contributed by atoms with Crippen LogP contribution in [0.1, 0.15) is 11.9 Å². The van der Waals surface area contributed by atoms with E-state index in [0.717, 1.165) is 5.01 Å². The Bertz CT molecular complexity index is 1080. The third-order valence-corrected chi connectivity index (χ3v) is 6.33. The maximum atomic E-state index is 12.4. The van der Waals surface area contributed by atoms with Crippen molar-refractivity contribution in [2.24, 2.45) is 0 Å². The van der Waals surface area contributed by atoms with Gasteiger partial charge in [0.2, 0.25) is 5.13 Å². The average molecular weight is 438 g/mol. The lowest BCUT2D eigenvalue weighted by molar-refractivity contribution is 0.262. The number of halogens is 1. The van der Waals surface area contributed by atoms with Gasteiger partial charge in [-0.05, 0) is 42.8 Å². The van der Waals surface area contributed by atoms with E-state index in [1.165, 1.54) is 35.6 Å². The van der Waals surface area contributed by atoms with Gasteiger partial charge in [0.1, 0.15) is 5.01 Å². The number of nitrogens with zero attached hydrogens (tertiary/aromatic N) is 2. The van der Waals surface area contributed by atoms with Gasteiger partial charge in [-0.15, -0.1) is 10.2 Å². The summed E-state index contributed by atoms with van der Waals surface area (Å²) in [6.45, 7) is 1.91. The van der Waals surface area contributed by atoms with Crippen molar-refractivity contribution in [1.82, 2.24) is 10.2 Å². The van der Waals surface area contributed by atoms with Crippen LogP contribution in [0, 0.1) is 0 Å². The van der Waals surface area contributed by atoms with Crippen molar-refractivity contribution in [2.75, 3.05) is 15.4 Å². The van der Waals surface area contributed by atoms with Crippen molar-refractivity contribution < 1.29 is 13.2 Å². The van der Waals surface area contributed by atoms with Gasteiger partial charge in [0.25, 0.3) is 10.0 Å². The summed E-state index contributed by atoms with van der Waals surface area (Å²) in [7, 11) is -3.80. The van der Waals surface area contributed by atoms with Gasteiger partial charge < -0.3 is 10.6 Å². The molecule has 0 bridgehead atoms. The van der Waals surface area contributed by atoms with E-state index in [2.05, 4.69) is 25.6 Å². The lowest BCUT2D eigenvalue weighted by Gasteiger charge is -2.10. The first-order valence-electron chi connectivity index (χ1n) is 8.15. The van der Waals surface area contributed by atoms with Gasteiger partial charge in [0.05, 0.1) is 15.6 Å². The number of sulfonamides is 1. The zero-order valence-electron chi connectivity index (χ0n) is 14.6. The second-order valence-electron chi connectivity index (χ2n) is 5.54. The molecule has 0 aliphatic carbocycles. The quantitative estimate of drug-likeness (QED) is 0.534. The van der Waals surface area contributed by atoms with E-state index in [1.807, 2.05) is 6.92 Å². The van der Waals surface area contributed by atoms with E-state index in [9.17, 15) is 13.2 Å². The molecule has 3 N–H and O–H groups in total. The largest absolute Gasteiger partial charge is 0.323 e. The number of carbonyl (C=O) groups is 1. The van der Waals surface area contributed by atoms with Crippen molar-refractivity contribution in [1.29, 1.82) is 0 Å². The fourth-order valence-corrected chi connectivity index (χ4v) is 4.27. The molecule has 0 radical (unpaired) electrons. The summed E-state index contributed by atoms with van der Waals surface area (Å²) in [6.07, 6.45) is 0.677. The predicted octanol–water partition coefficient (Wildman–Crippen LogP) is 4.20. The highest BCUT2D eigenvalue weighted by Gasteiger charge is 2.17. The highest BCUT2D eigenvalue weighted by molar-refractivity contribution is 7.93. The molecule has 146 valence electrons. The number of aromatic nitrogens is 2. The smallest absolute Gasteiger partial charge is 0.308 e. The maximum Gasteiger partial charge on any atom is 0.323 e. The Balaban J connectivity index is 1.65. The molecule has 2 amide bonds. The number of para-hydroxylation sites is 1. The Morgan fingerprint density at radius 3 is 2.43 bits per heavy atom. The van der Waals surface area contributed by atoms with E-state index in [-0.39, 0.29) is 10.0 Å². The molecule has 0 atom stereocenters. The highest BCUT2D eigenvalue weighted by Crippen LogP contribution is 2.22. The molecule has 3 rings (SSSR count). The molecule has 2 aromatic carbocycles. The van der Waals surface area contributed by atoms with Crippen molar-refractivity contribution in [2.45, 2.75) is 18.2 Å². The van der Waals surface area contributed by atoms with E-state index >= 15 is 0 Å². The van der Waals surface area contributed by atoms with E-state index in [0.29, 0.717) is 22.8 Å². The van der Waals surface area contributed by atoms with Crippen LogP contribution in [-0.2, 0) is 16.4 Å². The van der Waals surface area contributed by atoms with Gasteiger partial charge in [-0.25, -0.2) is 13.2 Å². The summed E-state index contributed by atoms with van der Waals surface area (Å²) in [5.41, 5.74) is 0.890. The zero-order chi connectivity index (χ0) is 20.1. The number of rotatable bonds is 6. The van der Waals surface area contributed by atoms with Crippen LogP contribution >= 0.6 is 22.9 Å². The van der Waals surface area contributed by atoms with Crippen LogP contribution in [0.25, 0.3) is 0 Å². The molecular weight excluding hydrogens is 422 g/mol. The molecule has 0 fully saturated rings. The fraction of sp³-hybridized carbons (Fsp3) is 0.118. The van der Waals surface area contributed by atoms with Crippen molar-refractivity contribution in [3.8, 4) is 0 Å². The number of hydrogen-bond donors (Lipinski definition) is 3. The number of amides is 2. The van der Waals surface area contributed by atoms with Gasteiger partial charge in [0.15, 0.2) is 0 Å². The minimum absolute atomic E-state index is 0.0396. The predicted molar refractivity (Wildman–Crippen MR) is 111 cm³/mol. The summed E-state index contributed by atoms with van der Waals surface area (Å²) < 4.78 is 27.2. The van der Waals surface area contributed by atoms with Crippen LogP contribution in [0.15, 0.2) is 53.4 Å². The van der Waals surface area contributed by atoms with E-state index in [1.54, 1.807) is 24.3 Å². The fourth-order valence-electron chi connectivity index (χ4n) is 2.18. The second kappa shape index (κ2) is 8.55. The molecule has 0 unspecified atom stereocenters. The lowest BCUT2D eigenvalue weighted by atomic mass is 10.3. The summed E-state index contributed by atoms with van der Waals surface area (Å²) >= 11 is 7.17. The Morgan fingerprint density at radius 1 is 1.07 bits per heavy atom. The van der Waals surface area contributed by atoms with Gasteiger partial charge in [-0.2, -0.15) is 0 Å². The molecule has 0 saturated carbocycles. The van der Waals surface area contributed by atoms with Crippen molar-refractivity contribution >= 4 is 55.5 Å².